The summed E-state index contributed by atoms with van der Waals surface area (Å²) >= 11 is 0. The van der Waals surface area contributed by atoms with Crippen LogP contribution >= 0.6 is 0 Å². The number of ether oxygens (including phenoxy) is 1. The Bertz CT molecular complexity index is 305. The molecule has 104 valence electrons. The van der Waals surface area contributed by atoms with E-state index in [2.05, 4.69) is 17.0 Å². The van der Waals surface area contributed by atoms with Crippen LogP contribution < -0.4 is 5.32 Å². The third-order valence-electron chi connectivity index (χ3n) is 3.10. The SMILES string of the molecule is COC(=O)NC1CC(C)CN(C(=O)CC(C)C)C1. The molecule has 1 saturated heterocycles. The molecule has 0 aromatic carbocycles. The van der Waals surface area contributed by atoms with E-state index in [4.69, 9.17) is 0 Å². The summed E-state index contributed by atoms with van der Waals surface area (Å²) < 4.78 is 4.59. The number of alkyl carbamates (subject to hydrolysis) is 1. The Kier molecular flexibility index (Phi) is 5.44. The van der Waals surface area contributed by atoms with Gasteiger partial charge in [0.05, 0.1) is 13.2 Å². The van der Waals surface area contributed by atoms with Crippen LogP contribution in [0.2, 0.25) is 0 Å². The van der Waals surface area contributed by atoms with Crippen LogP contribution in [0.15, 0.2) is 0 Å². The Morgan fingerprint density at radius 1 is 1.39 bits per heavy atom. The highest BCUT2D eigenvalue weighted by molar-refractivity contribution is 5.76. The lowest BCUT2D eigenvalue weighted by molar-refractivity contribution is -0.134. The summed E-state index contributed by atoms with van der Waals surface area (Å²) in [6.45, 7) is 7.54. The molecule has 0 saturated carbocycles. The normalized spacial score (nSPS) is 23.9. The molecule has 0 radical (unpaired) electrons. The lowest BCUT2D eigenvalue weighted by atomic mass is 9.95. The van der Waals surface area contributed by atoms with Gasteiger partial charge < -0.3 is 15.0 Å². The lowest BCUT2D eigenvalue weighted by Crippen LogP contribution is -2.52. The van der Waals surface area contributed by atoms with Crippen molar-refractivity contribution in [2.75, 3.05) is 20.2 Å². The van der Waals surface area contributed by atoms with Crippen LogP contribution in [0.4, 0.5) is 4.79 Å². The van der Waals surface area contributed by atoms with Gasteiger partial charge in [-0.15, -0.1) is 0 Å². The van der Waals surface area contributed by atoms with Gasteiger partial charge in [0.25, 0.3) is 0 Å². The van der Waals surface area contributed by atoms with Crippen molar-refractivity contribution in [2.45, 2.75) is 39.7 Å². The monoisotopic (exact) mass is 256 g/mol. The fourth-order valence-corrected chi connectivity index (χ4v) is 2.36. The number of nitrogens with zero attached hydrogens (tertiary/aromatic N) is 1. The number of hydrogen-bond donors (Lipinski definition) is 1. The van der Waals surface area contributed by atoms with Crippen molar-refractivity contribution in [1.29, 1.82) is 0 Å². The Labute approximate surface area is 109 Å². The highest BCUT2D eigenvalue weighted by Crippen LogP contribution is 2.18. The molecule has 0 aromatic heterocycles. The first kappa shape index (κ1) is 14.8. The van der Waals surface area contributed by atoms with Gasteiger partial charge in [-0.05, 0) is 18.3 Å². The van der Waals surface area contributed by atoms with Gasteiger partial charge in [-0.3, -0.25) is 4.79 Å². The highest BCUT2D eigenvalue weighted by atomic mass is 16.5. The third kappa shape index (κ3) is 4.55. The van der Waals surface area contributed by atoms with E-state index < -0.39 is 6.09 Å². The minimum Gasteiger partial charge on any atom is -0.453 e. The minimum atomic E-state index is -0.426. The molecule has 5 nitrogen and oxygen atoms in total. The molecular formula is C13H24N2O3. The quantitative estimate of drug-likeness (QED) is 0.835. The molecule has 1 heterocycles. The molecule has 2 unspecified atom stereocenters. The van der Waals surface area contributed by atoms with E-state index in [1.54, 1.807) is 0 Å². The maximum atomic E-state index is 12.0. The molecule has 2 amide bonds. The molecule has 1 aliphatic rings. The van der Waals surface area contributed by atoms with Gasteiger partial charge in [-0.1, -0.05) is 20.8 Å². The Morgan fingerprint density at radius 3 is 2.61 bits per heavy atom. The summed E-state index contributed by atoms with van der Waals surface area (Å²) in [6, 6.07) is -0.00249. The number of rotatable bonds is 3. The van der Waals surface area contributed by atoms with E-state index in [1.807, 2.05) is 18.7 Å². The average molecular weight is 256 g/mol. The Hall–Kier alpha value is -1.26. The van der Waals surface area contributed by atoms with Crippen molar-refractivity contribution in [3.63, 3.8) is 0 Å². The second-order valence-corrected chi connectivity index (χ2v) is 5.57. The number of carbonyl (C=O) groups excluding carboxylic acids is 2. The van der Waals surface area contributed by atoms with Crippen molar-refractivity contribution >= 4 is 12.0 Å². The third-order valence-corrected chi connectivity index (χ3v) is 3.10. The largest absolute Gasteiger partial charge is 0.453 e. The minimum absolute atomic E-state index is 0.00249. The molecule has 1 fully saturated rings. The summed E-state index contributed by atoms with van der Waals surface area (Å²) in [4.78, 5) is 25.1. The lowest BCUT2D eigenvalue weighted by Gasteiger charge is -2.36. The Balaban J connectivity index is 2.54. The van der Waals surface area contributed by atoms with Gasteiger partial charge in [0.15, 0.2) is 0 Å². The van der Waals surface area contributed by atoms with Gasteiger partial charge in [-0.2, -0.15) is 0 Å². The summed E-state index contributed by atoms with van der Waals surface area (Å²) in [6.07, 6.45) is 1.03. The van der Waals surface area contributed by atoms with Gasteiger partial charge in [0.1, 0.15) is 0 Å². The van der Waals surface area contributed by atoms with E-state index in [-0.39, 0.29) is 11.9 Å². The van der Waals surface area contributed by atoms with Crippen molar-refractivity contribution < 1.29 is 14.3 Å². The van der Waals surface area contributed by atoms with Crippen molar-refractivity contribution in [3.8, 4) is 0 Å². The average Bonchev–Trinajstić information content (AvgIpc) is 2.27. The maximum Gasteiger partial charge on any atom is 0.407 e. The van der Waals surface area contributed by atoms with E-state index in [0.717, 1.165) is 13.0 Å². The summed E-state index contributed by atoms with van der Waals surface area (Å²) in [5.74, 6) is 0.937. The zero-order valence-electron chi connectivity index (χ0n) is 11.7. The fourth-order valence-electron chi connectivity index (χ4n) is 2.36. The van der Waals surface area contributed by atoms with Crippen LogP contribution in [0.5, 0.6) is 0 Å². The zero-order chi connectivity index (χ0) is 13.7. The molecule has 0 spiro atoms. The first-order valence-corrected chi connectivity index (χ1v) is 6.54. The van der Waals surface area contributed by atoms with Gasteiger partial charge in [0, 0.05) is 19.5 Å². The second-order valence-electron chi connectivity index (χ2n) is 5.57. The van der Waals surface area contributed by atoms with Crippen LogP contribution in [0, 0.1) is 11.8 Å². The molecule has 18 heavy (non-hydrogen) atoms. The number of nitrogens with one attached hydrogen (secondary N) is 1. The van der Waals surface area contributed by atoms with Gasteiger partial charge in [-0.25, -0.2) is 4.79 Å². The first-order chi connectivity index (χ1) is 8.42. The second kappa shape index (κ2) is 6.61. The molecule has 0 aliphatic carbocycles. The molecule has 1 rings (SSSR count). The molecular weight excluding hydrogens is 232 g/mol. The van der Waals surface area contributed by atoms with Crippen LogP contribution in [-0.4, -0.2) is 43.1 Å². The topological polar surface area (TPSA) is 58.6 Å². The number of likely N-dealkylation sites (tertiary alicyclic amines) is 1. The standard InChI is InChI=1S/C13H24N2O3/c1-9(2)5-12(16)15-7-10(3)6-11(8-15)14-13(17)18-4/h9-11H,5-8H2,1-4H3,(H,14,17). The molecule has 5 heteroatoms. The summed E-state index contributed by atoms with van der Waals surface area (Å²) in [7, 11) is 1.35. The molecule has 1 N–H and O–H groups in total. The van der Waals surface area contributed by atoms with E-state index >= 15 is 0 Å². The Morgan fingerprint density at radius 2 is 2.06 bits per heavy atom. The van der Waals surface area contributed by atoms with E-state index in [9.17, 15) is 9.59 Å². The number of methoxy groups -OCH3 is 1. The predicted molar refractivity (Wildman–Crippen MR) is 69.1 cm³/mol. The van der Waals surface area contributed by atoms with Crippen LogP contribution in [0.1, 0.15) is 33.6 Å². The van der Waals surface area contributed by atoms with Gasteiger partial charge in [0.2, 0.25) is 5.91 Å². The molecule has 0 bridgehead atoms. The van der Waals surface area contributed by atoms with Crippen molar-refractivity contribution in [2.24, 2.45) is 11.8 Å². The van der Waals surface area contributed by atoms with Crippen molar-refractivity contribution in [3.05, 3.63) is 0 Å². The van der Waals surface area contributed by atoms with Crippen LogP contribution in [-0.2, 0) is 9.53 Å². The highest BCUT2D eigenvalue weighted by Gasteiger charge is 2.28. The maximum absolute atomic E-state index is 12.0. The molecule has 2 atom stereocenters. The molecule has 0 aromatic rings. The van der Waals surface area contributed by atoms with E-state index in [1.165, 1.54) is 7.11 Å². The predicted octanol–water partition coefficient (Wildman–Crippen LogP) is 1.63. The number of piperidine rings is 1. The fraction of sp³-hybridized carbons (Fsp3) is 0.846. The zero-order valence-corrected chi connectivity index (χ0v) is 11.7. The smallest absolute Gasteiger partial charge is 0.407 e. The number of amides is 2. The first-order valence-electron chi connectivity index (χ1n) is 6.54. The van der Waals surface area contributed by atoms with Crippen molar-refractivity contribution in [1.82, 2.24) is 10.2 Å². The summed E-state index contributed by atoms with van der Waals surface area (Å²) in [5.41, 5.74) is 0. The van der Waals surface area contributed by atoms with Crippen LogP contribution in [0.25, 0.3) is 0 Å². The van der Waals surface area contributed by atoms with Gasteiger partial charge >= 0.3 is 6.09 Å². The molecule has 1 aliphatic heterocycles. The number of hydrogen-bond acceptors (Lipinski definition) is 3. The van der Waals surface area contributed by atoms with Crippen LogP contribution in [0.3, 0.4) is 0 Å². The number of carbonyl (C=O) groups is 2. The van der Waals surface area contributed by atoms with E-state index in [0.29, 0.717) is 24.8 Å². The summed E-state index contributed by atoms with van der Waals surface area (Å²) in [5, 5.41) is 2.78.